The fraction of sp³-hybridized carbons (Fsp3) is 0.0698. The molecule has 0 aliphatic rings. The van der Waals surface area contributed by atoms with Crippen molar-refractivity contribution < 1.29 is 9.47 Å². The molecule has 8 aromatic carbocycles. The summed E-state index contributed by atoms with van der Waals surface area (Å²) in [6.07, 6.45) is 0. The Bertz CT molecular complexity index is 2330. The molecule has 4 heteroatoms. The Morgan fingerprint density at radius 2 is 0.851 bits per heavy atom. The first-order valence-corrected chi connectivity index (χ1v) is 15.8. The summed E-state index contributed by atoms with van der Waals surface area (Å²) in [7, 11) is 3.41. The summed E-state index contributed by atoms with van der Waals surface area (Å²) < 4.78 is 11.0. The number of hydrogen-bond acceptors (Lipinski definition) is 4. The van der Waals surface area contributed by atoms with Crippen LogP contribution in [0.15, 0.2) is 152 Å². The molecule has 0 aromatic heterocycles. The van der Waals surface area contributed by atoms with Crippen LogP contribution in [0, 0.1) is 6.92 Å². The van der Waals surface area contributed by atoms with Gasteiger partial charge in [0.2, 0.25) is 0 Å². The van der Waals surface area contributed by atoms with Gasteiger partial charge in [0.1, 0.15) is 11.5 Å². The molecule has 8 rings (SSSR count). The van der Waals surface area contributed by atoms with Crippen molar-refractivity contribution in [2.45, 2.75) is 6.92 Å². The normalized spacial score (nSPS) is 11.3. The zero-order valence-corrected chi connectivity index (χ0v) is 26.6. The third kappa shape index (κ3) is 4.95. The lowest BCUT2D eigenvalue weighted by Gasteiger charge is -2.29. The highest BCUT2D eigenvalue weighted by atomic mass is 16.5. The van der Waals surface area contributed by atoms with Crippen molar-refractivity contribution in [2.75, 3.05) is 24.0 Å². The number of nitrogens with zero attached hydrogens (tertiary/aromatic N) is 2. The van der Waals surface area contributed by atoms with Gasteiger partial charge in [0.15, 0.2) is 0 Å². The number of methoxy groups -OCH3 is 2. The summed E-state index contributed by atoms with van der Waals surface area (Å²) in [4.78, 5) is 4.69. The van der Waals surface area contributed by atoms with E-state index in [2.05, 4.69) is 144 Å². The summed E-state index contributed by atoms with van der Waals surface area (Å²) in [5.74, 6) is 1.67. The van der Waals surface area contributed by atoms with Gasteiger partial charge in [-0.3, -0.25) is 0 Å². The first-order valence-electron chi connectivity index (χ1n) is 15.8. The van der Waals surface area contributed by atoms with E-state index in [9.17, 15) is 0 Å². The van der Waals surface area contributed by atoms with E-state index < -0.39 is 0 Å². The van der Waals surface area contributed by atoms with Crippen LogP contribution in [0.2, 0.25) is 0 Å². The number of hydrogen-bond donors (Lipinski definition) is 0. The Labute approximate surface area is 275 Å². The third-order valence-corrected chi connectivity index (χ3v) is 9.04. The molecule has 0 saturated heterocycles. The number of para-hydroxylation sites is 1. The molecule has 0 amide bonds. The van der Waals surface area contributed by atoms with E-state index in [4.69, 9.17) is 9.47 Å². The molecule has 0 aliphatic carbocycles. The van der Waals surface area contributed by atoms with Crippen LogP contribution in [0.5, 0.6) is 11.5 Å². The van der Waals surface area contributed by atoms with Gasteiger partial charge < -0.3 is 19.3 Å². The molecule has 0 fully saturated rings. The topological polar surface area (TPSA) is 24.9 Å². The van der Waals surface area contributed by atoms with Crippen molar-refractivity contribution in [3.63, 3.8) is 0 Å². The van der Waals surface area contributed by atoms with E-state index in [0.717, 1.165) is 45.6 Å². The Kier molecular flexibility index (Phi) is 7.11. The molecule has 228 valence electrons. The number of anilines is 6. The first-order chi connectivity index (χ1) is 23.1. The van der Waals surface area contributed by atoms with Crippen LogP contribution < -0.4 is 19.3 Å². The molecule has 0 atom stereocenters. The lowest BCUT2D eigenvalue weighted by molar-refractivity contribution is 0.414. The molecule has 4 nitrogen and oxygen atoms in total. The van der Waals surface area contributed by atoms with E-state index in [1.807, 2.05) is 24.3 Å². The van der Waals surface area contributed by atoms with E-state index in [1.54, 1.807) is 14.2 Å². The molecule has 0 bridgehead atoms. The predicted molar refractivity (Wildman–Crippen MR) is 197 cm³/mol. The zero-order chi connectivity index (χ0) is 31.9. The van der Waals surface area contributed by atoms with E-state index in [1.165, 1.54) is 37.9 Å². The highest BCUT2D eigenvalue weighted by Gasteiger charge is 2.21. The average Bonchev–Trinajstić information content (AvgIpc) is 3.13. The van der Waals surface area contributed by atoms with Crippen LogP contribution in [0.1, 0.15) is 5.56 Å². The Hall–Kier alpha value is -6.00. The molecule has 8 aromatic rings. The second-order valence-electron chi connectivity index (χ2n) is 11.8. The highest BCUT2D eigenvalue weighted by molar-refractivity contribution is 6.28. The fourth-order valence-corrected chi connectivity index (χ4v) is 6.82. The lowest BCUT2D eigenvalue weighted by atomic mass is 9.91. The van der Waals surface area contributed by atoms with Crippen molar-refractivity contribution in [1.82, 2.24) is 0 Å². The van der Waals surface area contributed by atoms with Gasteiger partial charge in [-0.1, -0.05) is 66.7 Å². The molecular weight excluding hydrogens is 576 g/mol. The molecule has 47 heavy (non-hydrogen) atoms. The molecular formula is C43H34N2O2. The third-order valence-electron chi connectivity index (χ3n) is 9.04. The van der Waals surface area contributed by atoms with Crippen LogP contribution in [-0.2, 0) is 0 Å². The largest absolute Gasteiger partial charge is 0.497 e. The van der Waals surface area contributed by atoms with Gasteiger partial charge in [0.25, 0.3) is 0 Å². The minimum atomic E-state index is 0.833. The molecule has 0 saturated carbocycles. The maximum atomic E-state index is 5.50. The summed E-state index contributed by atoms with van der Waals surface area (Å²) in [6, 6.07) is 53.9. The Balaban J connectivity index is 1.39. The molecule has 0 spiro atoms. The van der Waals surface area contributed by atoms with Crippen LogP contribution in [0.4, 0.5) is 34.1 Å². The minimum Gasteiger partial charge on any atom is -0.497 e. The van der Waals surface area contributed by atoms with Crippen molar-refractivity contribution in [3.05, 3.63) is 157 Å². The SMILES string of the molecule is COc1ccc(N(c2ccccc2)c2ccc3ccc4c(N(c5ccc(OC)cc5)c5cccc(C)c5)ccc5ccc2c3c54)cc1. The molecule has 0 heterocycles. The highest BCUT2D eigenvalue weighted by Crippen LogP contribution is 2.47. The lowest BCUT2D eigenvalue weighted by Crippen LogP contribution is -2.11. The fourth-order valence-electron chi connectivity index (χ4n) is 6.82. The van der Waals surface area contributed by atoms with E-state index in [-0.39, 0.29) is 0 Å². The van der Waals surface area contributed by atoms with Gasteiger partial charge in [-0.2, -0.15) is 0 Å². The quantitative estimate of drug-likeness (QED) is 0.160. The first kappa shape index (κ1) is 28.5. The second-order valence-corrected chi connectivity index (χ2v) is 11.8. The van der Waals surface area contributed by atoms with Gasteiger partial charge >= 0.3 is 0 Å². The van der Waals surface area contributed by atoms with Crippen LogP contribution in [0.25, 0.3) is 32.3 Å². The number of aryl methyl sites for hydroxylation is 1. The van der Waals surface area contributed by atoms with Crippen molar-refractivity contribution in [2.24, 2.45) is 0 Å². The summed E-state index contributed by atoms with van der Waals surface area (Å²) >= 11 is 0. The van der Waals surface area contributed by atoms with Gasteiger partial charge in [-0.05, 0) is 119 Å². The van der Waals surface area contributed by atoms with Gasteiger partial charge in [0.05, 0.1) is 25.6 Å². The number of ether oxygens (including phenoxy) is 2. The molecule has 0 N–H and O–H groups in total. The minimum absolute atomic E-state index is 0.833. The molecule has 0 aliphatic heterocycles. The standard InChI is InChI=1S/C43H34N2O2/c1-29-8-7-11-35(28-29)45(34-18-22-37(47-3)23-19-34)41-27-15-31-12-24-38-40(26-14-30-13-25-39(41)43(31)42(30)38)44(32-9-5-4-6-10-32)33-16-20-36(46-2)21-17-33/h4-28H,1-3H3. The molecule has 0 unspecified atom stereocenters. The summed E-state index contributed by atoms with van der Waals surface area (Å²) in [6.45, 7) is 2.14. The van der Waals surface area contributed by atoms with Crippen LogP contribution in [-0.4, -0.2) is 14.2 Å². The van der Waals surface area contributed by atoms with Gasteiger partial charge in [-0.15, -0.1) is 0 Å². The Morgan fingerprint density at radius 3 is 1.34 bits per heavy atom. The summed E-state index contributed by atoms with van der Waals surface area (Å²) in [5, 5.41) is 7.35. The number of rotatable bonds is 8. The predicted octanol–water partition coefficient (Wildman–Crippen LogP) is 11.8. The monoisotopic (exact) mass is 610 g/mol. The van der Waals surface area contributed by atoms with Crippen LogP contribution >= 0.6 is 0 Å². The summed E-state index contributed by atoms with van der Waals surface area (Å²) in [5.41, 5.74) is 7.81. The van der Waals surface area contributed by atoms with Crippen molar-refractivity contribution in [1.29, 1.82) is 0 Å². The average molecular weight is 611 g/mol. The van der Waals surface area contributed by atoms with Gasteiger partial charge in [-0.25, -0.2) is 0 Å². The maximum absolute atomic E-state index is 5.50. The van der Waals surface area contributed by atoms with Gasteiger partial charge in [0, 0.05) is 33.5 Å². The Morgan fingerprint density at radius 1 is 0.404 bits per heavy atom. The van der Waals surface area contributed by atoms with Crippen molar-refractivity contribution in [3.8, 4) is 11.5 Å². The maximum Gasteiger partial charge on any atom is 0.119 e. The van der Waals surface area contributed by atoms with E-state index >= 15 is 0 Å². The molecule has 0 radical (unpaired) electrons. The second kappa shape index (κ2) is 11.7. The zero-order valence-electron chi connectivity index (χ0n) is 26.6. The van der Waals surface area contributed by atoms with Crippen LogP contribution in [0.3, 0.4) is 0 Å². The van der Waals surface area contributed by atoms with Crippen molar-refractivity contribution >= 4 is 66.4 Å². The smallest absolute Gasteiger partial charge is 0.119 e. The van der Waals surface area contributed by atoms with E-state index in [0.29, 0.717) is 0 Å². The number of benzene rings is 8.